The summed E-state index contributed by atoms with van der Waals surface area (Å²) in [5.74, 6) is -0.184. The molecule has 1 atom stereocenters. The van der Waals surface area contributed by atoms with Gasteiger partial charge in [0.15, 0.2) is 0 Å². The average molecular weight is 236 g/mol. The second kappa shape index (κ2) is 5.39. The molecule has 2 rings (SSSR count). The van der Waals surface area contributed by atoms with Gasteiger partial charge >= 0.3 is 5.97 Å². The molecule has 94 valence electrons. The van der Waals surface area contributed by atoms with Crippen molar-refractivity contribution in [3.63, 3.8) is 0 Å². The molecule has 1 heterocycles. The Bertz CT molecular complexity index is 343. The molecule has 0 saturated carbocycles. The molecule has 3 heteroatoms. The number of rotatable bonds is 2. The minimum absolute atomic E-state index is 0.0470. The minimum Gasteiger partial charge on any atom is -0.500 e. The first kappa shape index (κ1) is 12.2. The lowest BCUT2D eigenvalue weighted by Crippen LogP contribution is -2.24. The molecule has 1 aliphatic carbocycles. The predicted octanol–water partition coefficient (Wildman–Crippen LogP) is 2.97. The summed E-state index contributed by atoms with van der Waals surface area (Å²) >= 11 is 0. The maximum absolute atomic E-state index is 11.4. The van der Waals surface area contributed by atoms with Crippen molar-refractivity contribution in [1.29, 1.82) is 0 Å². The van der Waals surface area contributed by atoms with Crippen LogP contribution in [0.15, 0.2) is 24.0 Å². The van der Waals surface area contributed by atoms with Crippen LogP contribution in [0.1, 0.15) is 38.5 Å². The number of allylic oxidation sites excluding steroid dienone is 1. The molecule has 0 aromatic rings. The van der Waals surface area contributed by atoms with Gasteiger partial charge in [-0.25, -0.2) is 0 Å². The van der Waals surface area contributed by atoms with Crippen LogP contribution in [-0.2, 0) is 14.3 Å². The van der Waals surface area contributed by atoms with Crippen LogP contribution >= 0.6 is 0 Å². The Morgan fingerprint density at radius 2 is 2.35 bits per heavy atom. The Morgan fingerprint density at radius 3 is 3.18 bits per heavy atom. The molecule has 0 fully saturated rings. The fraction of sp³-hybridized carbons (Fsp3) is 0.643. The quantitative estimate of drug-likeness (QED) is 0.546. The van der Waals surface area contributed by atoms with E-state index >= 15 is 0 Å². The molecule has 1 aliphatic heterocycles. The topological polar surface area (TPSA) is 35.5 Å². The molecule has 3 nitrogen and oxygen atoms in total. The lowest BCUT2D eigenvalue weighted by molar-refractivity contribution is -0.140. The smallest absolute Gasteiger partial charge is 0.309 e. The fourth-order valence-corrected chi connectivity index (χ4v) is 2.61. The van der Waals surface area contributed by atoms with E-state index < -0.39 is 0 Å². The molecule has 0 amide bonds. The first-order valence-corrected chi connectivity index (χ1v) is 6.32. The Kier molecular flexibility index (Phi) is 3.87. The molecule has 0 bridgehead atoms. The summed E-state index contributed by atoms with van der Waals surface area (Å²) in [5, 5.41) is 0. The van der Waals surface area contributed by atoms with Crippen molar-refractivity contribution < 1.29 is 14.3 Å². The van der Waals surface area contributed by atoms with E-state index in [9.17, 15) is 4.79 Å². The van der Waals surface area contributed by atoms with E-state index in [0.29, 0.717) is 13.0 Å². The van der Waals surface area contributed by atoms with Crippen molar-refractivity contribution in [2.75, 3.05) is 13.7 Å². The van der Waals surface area contributed by atoms with Crippen LogP contribution in [0.25, 0.3) is 0 Å². The molecular weight excluding hydrogens is 216 g/mol. The van der Waals surface area contributed by atoms with Gasteiger partial charge in [-0.15, -0.1) is 0 Å². The van der Waals surface area contributed by atoms with Gasteiger partial charge in [-0.05, 0) is 24.8 Å². The van der Waals surface area contributed by atoms with Gasteiger partial charge in [-0.1, -0.05) is 25.0 Å². The number of hydrogen-bond acceptors (Lipinski definition) is 3. The van der Waals surface area contributed by atoms with E-state index in [-0.39, 0.29) is 11.4 Å². The van der Waals surface area contributed by atoms with Gasteiger partial charge in [-0.3, -0.25) is 4.79 Å². The van der Waals surface area contributed by atoms with E-state index in [1.807, 2.05) is 0 Å². The Morgan fingerprint density at radius 1 is 1.47 bits per heavy atom. The van der Waals surface area contributed by atoms with E-state index in [2.05, 4.69) is 12.2 Å². The highest BCUT2D eigenvalue weighted by atomic mass is 16.5. The van der Waals surface area contributed by atoms with Crippen molar-refractivity contribution in [1.82, 2.24) is 0 Å². The van der Waals surface area contributed by atoms with E-state index in [1.54, 1.807) is 6.26 Å². The van der Waals surface area contributed by atoms with Crippen LogP contribution in [0.4, 0.5) is 0 Å². The highest BCUT2D eigenvalue weighted by Gasteiger charge is 2.37. The summed E-state index contributed by atoms with van der Waals surface area (Å²) in [5.41, 5.74) is 1.02. The van der Waals surface area contributed by atoms with Crippen molar-refractivity contribution in [3.05, 3.63) is 24.0 Å². The van der Waals surface area contributed by atoms with E-state index in [4.69, 9.17) is 9.47 Å². The number of carbonyl (C=O) groups excluding carboxylic acids is 1. The van der Waals surface area contributed by atoms with Crippen LogP contribution < -0.4 is 0 Å². The van der Waals surface area contributed by atoms with Crippen LogP contribution in [0.5, 0.6) is 0 Å². The molecule has 0 aromatic carbocycles. The van der Waals surface area contributed by atoms with Crippen molar-refractivity contribution >= 4 is 5.97 Å². The van der Waals surface area contributed by atoms with Gasteiger partial charge in [0.05, 0.1) is 19.8 Å². The summed E-state index contributed by atoms with van der Waals surface area (Å²) in [7, 11) is 1.43. The van der Waals surface area contributed by atoms with Crippen LogP contribution in [-0.4, -0.2) is 19.7 Å². The number of methoxy groups -OCH3 is 1. The molecular formula is C14H20O3. The lowest BCUT2D eigenvalue weighted by atomic mass is 9.75. The highest BCUT2D eigenvalue weighted by molar-refractivity contribution is 5.73. The third-order valence-electron chi connectivity index (χ3n) is 3.70. The second-order valence-electron chi connectivity index (χ2n) is 4.86. The molecule has 0 N–H and O–H groups in total. The summed E-state index contributed by atoms with van der Waals surface area (Å²) in [6.45, 7) is 0.676. The van der Waals surface area contributed by atoms with Crippen LogP contribution in [0.2, 0.25) is 0 Å². The van der Waals surface area contributed by atoms with Crippen LogP contribution in [0.3, 0.4) is 0 Å². The zero-order valence-corrected chi connectivity index (χ0v) is 10.4. The second-order valence-corrected chi connectivity index (χ2v) is 4.86. The predicted molar refractivity (Wildman–Crippen MR) is 65.3 cm³/mol. The largest absolute Gasteiger partial charge is 0.500 e. The fourth-order valence-electron chi connectivity index (χ4n) is 2.61. The van der Waals surface area contributed by atoms with Gasteiger partial charge < -0.3 is 9.47 Å². The van der Waals surface area contributed by atoms with E-state index in [1.165, 1.54) is 26.4 Å². The Hall–Kier alpha value is -1.25. The van der Waals surface area contributed by atoms with Crippen molar-refractivity contribution in [2.45, 2.75) is 38.5 Å². The third kappa shape index (κ3) is 2.71. The highest BCUT2D eigenvalue weighted by Crippen LogP contribution is 2.42. The molecule has 0 saturated heterocycles. The molecule has 0 unspecified atom stereocenters. The van der Waals surface area contributed by atoms with Gasteiger partial charge in [0.1, 0.15) is 6.61 Å². The molecule has 2 aliphatic rings. The first-order chi connectivity index (χ1) is 8.27. The maximum Gasteiger partial charge on any atom is 0.309 e. The summed E-state index contributed by atoms with van der Waals surface area (Å²) < 4.78 is 10.2. The van der Waals surface area contributed by atoms with Crippen LogP contribution in [0, 0.1) is 5.41 Å². The summed E-state index contributed by atoms with van der Waals surface area (Å²) in [6.07, 6.45) is 12.5. The standard InChI is InChI=1S/C14H20O3/c1-16-13(15)9-12-10-17-11-14(12)7-5-3-2-4-6-8-14/h5,7,10H,2-4,6,8-9,11H2,1H3/b7-5-/t14-/m1/s1. The van der Waals surface area contributed by atoms with Crippen molar-refractivity contribution in [2.24, 2.45) is 5.41 Å². The zero-order chi connectivity index (χ0) is 12.1. The number of carbonyl (C=O) groups is 1. The van der Waals surface area contributed by atoms with Gasteiger partial charge in [0.2, 0.25) is 0 Å². The summed E-state index contributed by atoms with van der Waals surface area (Å²) in [4.78, 5) is 11.4. The normalized spacial score (nSPS) is 30.1. The number of hydrogen-bond donors (Lipinski definition) is 0. The molecule has 1 spiro atoms. The first-order valence-electron chi connectivity index (χ1n) is 6.32. The zero-order valence-electron chi connectivity index (χ0n) is 10.4. The maximum atomic E-state index is 11.4. The van der Waals surface area contributed by atoms with Gasteiger partial charge in [0, 0.05) is 5.41 Å². The molecule has 0 aromatic heterocycles. The van der Waals surface area contributed by atoms with Gasteiger partial charge in [0.25, 0.3) is 0 Å². The lowest BCUT2D eigenvalue weighted by Gasteiger charge is -2.28. The Labute approximate surface area is 102 Å². The molecule has 17 heavy (non-hydrogen) atoms. The summed E-state index contributed by atoms with van der Waals surface area (Å²) in [6, 6.07) is 0. The Balaban J connectivity index is 2.13. The third-order valence-corrected chi connectivity index (χ3v) is 3.70. The molecule has 0 radical (unpaired) electrons. The van der Waals surface area contributed by atoms with Gasteiger partial charge in [-0.2, -0.15) is 0 Å². The monoisotopic (exact) mass is 236 g/mol. The number of esters is 1. The number of ether oxygens (including phenoxy) is 2. The minimum atomic E-state index is -0.184. The SMILES string of the molecule is COC(=O)CC1=COC[C@]12/C=C\CCCCC2. The average Bonchev–Trinajstić information content (AvgIpc) is 2.68. The van der Waals surface area contributed by atoms with Crippen molar-refractivity contribution in [3.8, 4) is 0 Å². The van der Waals surface area contributed by atoms with E-state index in [0.717, 1.165) is 18.4 Å².